The standard InChI is InChI=1S/C9H12FNO2/c1-6-3-8(10)4-7(5-11-12)9(6)13-2/h3-4,11-12H,5H2,1-2H3. The fourth-order valence-electron chi connectivity index (χ4n) is 1.31. The van der Waals surface area contributed by atoms with E-state index in [0.29, 0.717) is 16.9 Å². The third-order valence-corrected chi connectivity index (χ3v) is 1.79. The molecule has 0 unspecified atom stereocenters. The topological polar surface area (TPSA) is 41.5 Å². The van der Waals surface area contributed by atoms with Crippen LogP contribution in [0.1, 0.15) is 11.1 Å². The average Bonchev–Trinajstić information content (AvgIpc) is 2.04. The van der Waals surface area contributed by atoms with Crippen molar-refractivity contribution in [1.29, 1.82) is 0 Å². The van der Waals surface area contributed by atoms with Crippen LogP contribution < -0.4 is 10.2 Å². The van der Waals surface area contributed by atoms with Crippen LogP contribution in [0.2, 0.25) is 0 Å². The van der Waals surface area contributed by atoms with Gasteiger partial charge in [0.1, 0.15) is 11.6 Å². The maximum atomic E-state index is 12.9. The highest BCUT2D eigenvalue weighted by Gasteiger charge is 2.07. The molecule has 1 aromatic carbocycles. The molecule has 0 aliphatic rings. The van der Waals surface area contributed by atoms with Crippen LogP contribution >= 0.6 is 0 Å². The van der Waals surface area contributed by atoms with Gasteiger partial charge in [-0.1, -0.05) is 0 Å². The molecule has 4 heteroatoms. The average molecular weight is 185 g/mol. The largest absolute Gasteiger partial charge is 0.496 e. The third kappa shape index (κ3) is 2.17. The molecule has 3 nitrogen and oxygen atoms in total. The second-order valence-corrected chi connectivity index (χ2v) is 2.75. The Morgan fingerprint density at radius 3 is 2.77 bits per heavy atom. The van der Waals surface area contributed by atoms with Crippen LogP contribution in [0, 0.1) is 12.7 Å². The molecule has 0 spiro atoms. The van der Waals surface area contributed by atoms with E-state index in [1.807, 2.05) is 5.48 Å². The maximum Gasteiger partial charge on any atom is 0.126 e. The second kappa shape index (κ2) is 4.20. The van der Waals surface area contributed by atoms with Gasteiger partial charge in [-0.15, -0.1) is 0 Å². The Hall–Kier alpha value is -1.13. The first-order valence-electron chi connectivity index (χ1n) is 3.89. The summed E-state index contributed by atoms with van der Waals surface area (Å²) < 4.78 is 18.0. The Balaban J connectivity index is 3.13. The molecule has 1 aromatic rings. The SMILES string of the molecule is COc1c(C)cc(F)cc1CNO. The van der Waals surface area contributed by atoms with Crippen LogP contribution in [-0.4, -0.2) is 12.3 Å². The molecular formula is C9H12FNO2. The molecule has 0 fully saturated rings. The summed E-state index contributed by atoms with van der Waals surface area (Å²) in [5.74, 6) is 0.270. The highest BCUT2D eigenvalue weighted by Crippen LogP contribution is 2.24. The maximum absolute atomic E-state index is 12.9. The molecule has 0 radical (unpaired) electrons. The first kappa shape index (κ1) is 9.95. The number of halogens is 1. The van der Waals surface area contributed by atoms with E-state index >= 15 is 0 Å². The normalized spacial score (nSPS) is 10.2. The molecule has 0 aliphatic heterocycles. The van der Waals surface area contributed by atoms with Gasteiger partial charge < -0.3 is 9.94 Å². The zero-order valence-electron chi connectivity index (χ0n) is 7.60. The lowest BCUT2D eigenvalue weighted by molar-refractivity contribution is 0.160. The number of rotatable bonds is 3. The van der Waals surface area contributed by atoms with E-state index in [0.717, 1.165) is 0 Å². The number of hydrogen-bond acceptors (Lipinski definition) is 3. The van der Waals surface area contributed by atoms with Gasteiger partial charge in [0.05, 0.1) is 7.11 Å². The Morgan fingerprint density at radius 2 is 2.23 bits per heavy atom. The molecule has 13 heavy (non-hydrogen) atoms. The number of nitrogens with one attached hydrogen (secondary N) is 1. The van der Waals surface area contributed by atoms with Crippen molar-refractivity contribution in [1.82, 2.24) is 5.48 Å². The van der Waals surface area contributed by atoms with Crippen molar-refractivity contribution in [3.63, 3.8) is 0 Å². The zero-order valence-corrected chi connectivity index (χ0v) is 7.60. The zero-order chi connectivity index (χ0) is 9.84. The molecule has 0 saturated heterocycles. The summed E-state index contributed by atoms with van der Waals surface area (Å²) in [5, 5.41) is 8.49. The molecule has 0 aromatic heterocycles. The monoisotopic (exact) mass is 185 g/mol. The minimum atomic E-state index is -0.330. The Kier molecular flexibility index (Phi) is 3.22. The van der Waals surface area contributed by atoms with E-state index in [1.165, 1.54) is 19.2 Å². The Morgan fingerprint density at radius 1 is 1.54 bits per heavy atom. The van der Waals surface area contributed by atoms with Crippen molar-refractivity contribution < 1.29 is 14.3 Å². The van der Waals surface area contributed by atoms with Gasteiger partial charge in [0.15, 0.2) is 0 Å². The van der Waals surface area contributed by atoms with Crippen molar-refractivity contribution in [3.8, 4) is 5.75 Å². The molecule has 72 valence electrons. The van der Waals surface area contributed by atoms with Crippen molar-refractivity contribution in [2.24, 2.45) is 0 Å². The van der Waals surface area contributed by atoms with E-state index in [2.05, 4.69) is 0 Å². The number of methoxy groups -OCH3 is 1. The number of hydroxylamine groups is 1. The van der Waals surface area contributed by atoms with Gasteiger partial charge in [0.2, 0.25) is 0 Å². The van der Waals surface area contributed by atoms with Crippen LogP contribution in [0.3, 0.4) is 0 Å². The summed E-state index contributed by atoms with van der Waals surface area (Å²) in [6, 6.07) is 2.72. The van der Waals surface area contributed by atoms with Crippen LogP contribution in [-0.2, 0) is 6.54 Å². The summed E-state index contributed by atoms with van der Waals surface area (Å²) >= 11 is 0. The van der Waals surface area contributed by atoms with Gasteiger partial charge in [-0.05, 0) is 24.6 Å². The van der Waals surface area contributed by atoms with Gasteiger partial charge in [-0.2, -0.15) is 0 Å². The number of benzene rings is 1. The highest BCUT2D eigenvalue weighted by atomic mass is 19.1. The summed E-state index contributed by atoms with van der Waals surface area (Å²) in [5.41, 5.74) is 3.28. The van der Waals surface area contributed by atoms with Crippen LogP contribution in [0.25, 0.3) is 0 Å². The van der Waals surface area contributed by atoms with Gasteiger partial charge in [-0.25, -0.2) is 9.87 Å². The molecule has 0 atom stereocenters. The quantitative estimate of drug-likeness (QED) is 0.703. The van der Waals surface area contributed by atoms with Crippen LogP contribution in [0.15, 0.2) is 12.1 Å². The summed E-state index contributed by atoms with van der Waals surface area (Å²) in [6.07, 6.45) is 0. The molecule has 2 N–H and O–H groups in total. The smallest absolute Gasteiger partial charge is 0.126 e. The van der Waals surface area contributed by atoms with Crippen molar-refractivity contribution >= 4 is 0 Å². The van der Waals surface area contributed by atoms with Gasteiger partial charge in [0.25, 0.3) is 0 Å². The van der Waals surface area contributed by atoms with E-state index in [9.17, 15) is 4.39 Å². The fourth-order valence-corrected chi connectivity index (χ4v) is 1.31. The highest BCUT2D eigenvalue weighted by molar-refractivity contribution is 5.41. The Bertz CT molecular complexity index is 302. The predicted octanol–water partition coefficient (Wildman–Crippen LogP) is 1.62. The summed E-state index contributed by atoms with van der Waals surface area (Å²) in [7, 11) is 1.51. The molecule has 1 rings (SSSR count). The number of hydrogen-bond donors (Lipinski definition) is 2. The molecule has 0 saturated carbocycles. The molecule has 0 heterocycles. The minimum absolute atomic E-state index is 0.168. The molecule has 0 bridgehead atoms. The van der Waals surface area contributed by atoms with Gasteiger partial charge in [0, 0.05) is 12.1 Å². The third-order valence-electron chi connectivity index (χ3n) is 1.79. The lowest BCUT2D eigenvalue weighted by Gasteiger charge is -2.10. The van der Waals surface area contributed by atoms with Crippen LogP contribution in [0.5, 0.6) is 5.75 Å². The predicted molar refractivity (Wildman–Crippen MR) is 46.3 cm³/mol. The van der Waals surface area contributed by atoms with E-state index in [1.54, 1.807) is 6.92 Å². The summed E-state index contributed by atoms with van der Waals surface area (Å²) in [6.45, 7) is 1.92. The first-order chi connectivity index (χ1) is 6.19. The second-order valence-electron chi connectivity index (χ2n) is 2.75. The van der Waals surface area contributed by atoms with E-state index in [-0.39, 0.29) is 12.4 Å². The van der Waals surface area contributed by atoms with E-state index < -0.39 is 0 Å². The summed E-state index contributed by atoms with van der Waals surface area (Å²) in [4.78, 5) is 0. The van der Waals surface area contributed by atoms with Crippen LogP contribution in [0.4, 0.5) is 4.39 Å². The Labute approximate surface area is 76.1 Å². The van der Waals surface area contributed by atoms with Crippen molar-refractivity contribution in [2.75, 3.05) is 7.11 Å². The van der Waals surface area contributed by atoms with Gasteiger partial charge in [-0.3, -0.25) is 0 Å². The fraction of sp³-hybridized carbons (Fsp3) is 0.333. The molecular weight excluding hydrogens is 173 g/mol. The van der Waals surface area contributed by atoms with Gasteiger partial charge >= 0.3 is 0 Å². The number of aryl methyl sites for hydroxylation is 1. The first-order valence-corrected chi connectivity index (χ1v) is 3.89. The molecule has 0 aliphatic carbocycles. The number of ether oxygens (including phenoxy) is 1. The molecule has 0 amide bonds. The lowest BCUT2D eigenvalue weighted by atomic mass is 10.1. The minimum Gasteiger partial charge on any atom is -0.496 e. The van der Waals surface area contributed by atoms with Crippen molar-refractivity contribution in [3.05, 3.63) is 29.1 Å². The lowest BCUT2D eigenvalue weighted by Crippen LogP contribution is -2.08. The van der Waals surface area contributed by atoms with E-state index in [4.69, 9.17) is 9.94 Å². The van der Waals surface area contributed by atoms with Crippen molar-refractivity contribution in [2.45, 2.75) is 13.5 Å².